The summed E-state index contributed by atoms with van der Waals surface area (Å²) in [7, 11) is 0. The monoisotopic (exact) mass is 542 g/mol. The summed E-state index contributed by atoms with van der Waals surface area (Å²) in [6.45, 7) is 0.980. The zero-order valence-electron chi connectivity index (χ0n) is 15.1. The average molecular weight is 542 g/mol. The molecule has 0 saturated carbocycles. The summed E-state index contributed by atoms with van der Waals surface area (Å²) in [5, 5.41) is 0.0223. The third-order valence-electron chi connectivity index (χ3n) is 4.16. The summed E-state index contributed by atoms with van der Waals surface area (Å²) < 4.78 is 73.3. The summed E-state index contributed by atoms with van der Waals surface area (Å²) in [5.74, 6) is 0. The van der Waals surface area contributed by atoms with E-state index in [0.717, 1.165) is 40.8 Å². The van der Waals surface area contributed by atoms with E-state index >= 15 is 0 Å². The van der Waals surface area contributed by atoms with Crippen molar-refractivity contribution in [2.45, 2.75) is 30.1 Å². The maximum absolute atomic E-state index is 13.4. The van der Waals surface area contributed by atoms with Crippen LogP contribution in [0.5, 0.6) is 6.01 Å². The van der Waals surface area contributed by atoms with Crippen molar-refractivity contribution in [3.05, 3.63) is 67.3 Å². The lowest BCUT2D eigenvalue weighted by Crippen LogP contribution is -2.17. The second-order valence-corrected chi connectivity index (χ2v) is 7.51. The lowest BCUT2D eigenvalue weighted by Gasteiger charge is -2.17. The van der Waals surface area contributed by atoms with Crippen LogP contribution in [-0.4, -0.2) is 9.97 Å². The number of alkyl halides is 6. The van der Waals surface area contributed by atoms with Gasteiger partial charge in [0.25, 0.3) is 11.6 Å². The highest BCUT2D eigenvalue weighted by Crippen LogP contribution is 2.40. The van der Waals surface area contributed by atoms with Crippen LogP contribution in [0.4, 0.5) is 22.0 Å². The molecule has 0 aliphatic carbocycles. The Bertz CT molecular complexity index is 1210. The smallest absolute Gasteiger partial charge is 0.416 e. The van der Waals surface area contributed by atoms with E-state index in [2.05, 4.69) is 9.97 Å². The first-order valence-corrected chi connectivity index (χ1v) is 9.45. The molecule has 3 rings (SSSR count). The molecule has 160 valence electrons. The van der Waals surface area contributed by atoms with Crippen LogP contribution in [0.2, 0.25) is 0 Å². The quantitative estimate of drug-likeness (QED) is 0.291. The molecule has 0 spiro atoms. The highest BCUT2D eigenvalue weighted by molar-refractivity contribution is 14.1. The largest absolute Gasteiger partial charge is 0.460 e. The van der Waals surface area contributed by atoms with E-state index < -0.39 is 50.6 Å². The van der Waals surface area contributed by atoms with Crippen LogP contribution < -0.4 is 15.9 Å². The molecule has 0 fully saturated rings. The summed E-state index contributed by atoms with van der Waals surface area (Å²) in [6, 6.07) is 2.71. The Kier molecular flexibility index (Phi) is 5.89. The number of hydrogen-bond acceptors (Lipinski definition) is 5. The van der Waals surface area contributed by atoms with E-state index in [4.69, 9.17) is 9.15 Å². The van der Waals surface area contributed by atoms with Gasteiger partial charge in [0.05, 0.1) is 5.56 Å². The van der Waals surface area contributed by atoms with E-state index in [1.807, 2.05) is 0 Å². The molecule has 2 aromatic heterocycles. The summed E-state index contributed by atoms with van der Waals surface area (Å²) in [4.78, 5) is 29.9. The van der Waals surface area contributed by atoms with E-state index in [0.29, 0.717) is 18.1 Å². The van der Waals surface area contributed by atoms with Gasteiger partial charge in [0.2, 0.25) is 5.71 Å². The summed E-state index contributed by atoms with van der Waals surface area (Å²) in [5.41, 5.74) is -3.96. The molecule has 0 atom stereocenters. The number of halogens is 6. The molecule has 0 bridgehead atoms. The van der Waals surface area contributed by atoms with Crippen LogP contribution in [0.3, 0.4) is 0 Å². The zero-order valence-corrected chi connectivity index (χ0v) is 17.2. The molecule has 0 unspecified atom stereocenters. The second-order valence-electron chi connectivity index (χ2n) is 6.15. The highest BCUT2D eigenvalue weighted by Gasteiger charge is 2.37. The third kappa shape index (κ3) is 4.63. The van der Waals surface area contributed by atoms with Gasteiger partial charge in [-0.1, -0.05) is 19.1 Å². The molecule has 30 heavy (non-hydrogen) atoms. The molecule has 0 aliphatic heterocycles. The number of aryl methyl sites for hydroxylation is 1. The van der Waals surface area contributed by atoms with Crippen molar-refractivity contribution < 1.29 is 31.1 Å². The predicted molar refractivity (Wildman–Crippen MR) is 104 cm³/mol. The fraction of sp³-hybridized carbons (Fsp3) is 0.278. The van der Waals surface area contributed by atoms with Gasteiger partial charge in [0.15, 0.2) is 0 Å². The Labute approximate surface area is 178 Å². The maximum Gasteiger partial charge on any atom is 0.416 e. The topological polar surface area (TPSA) is 85.2 Å². The van der Waals surface area contributed by atoms with Crippen molar-refractivity contribution in [1.82, 2.24) is 9.97 Å². The third-order valence-corrected chi connectivity index (χ3v) is 4.79. The molecule has 0 saturated heterocycles. The minimum atomic E-state index is -4.91. The van der Waals surface area contributed by atoms with Crippen LogP contribution in [-0.2, 0) is 23.1 Å². The van der Waals surface area contributed by atoms with Crippen LogP contribution in [0.25, 0.3) is 11.1 Å². The molecule has 0 amide bonds. The molecular formula is C18H12F5IN2O4. The molecule has 0 radical (unpaired) electrons. The molecule has 1 aromatic carbocycles. The maximum atomic E-state index is 13.4. The van der Waals surface area contributed by atoms with Crippen molar-refractivity contribution in [3.8, 4) is 6.01 Å². The Morgan fingerprint density at radius 3 is 2.43 bits per heavy atom. The fourth-order valence-corrected chi connectivity index (χ4v) is 3.10. The second kappa shape index (κ2) is 7.96. The first-order valence-electron chi connectivity index (χ1n) is 8.37. The molecular weight excluding hydrogens is 530 g/mol. The lowest BCUT2D eigenvalue weighted by molar-refractivity contribution is -0.138. The number of aromatic amines is 1. The number of nitrogens with one attached hydrogen (secondary N) is 1. The summed E-state index contributed by atoms with van der Waals surface area (Å²) in [6.07, 6.45) is -4.57. The number of H-pyrrole nitrogens is 1. The van der Waals surface area contributed by atoms with E-state index in [-0.39, 0.29) is 11.1 Å². The average Bonchev–Trinajstić information content (AvgIpc) is 2.63. The van der Waals surface area contributed by atoms with Gasteiger partial charge in [-0.2, -0.15) is 26.9 Å². The number of fused-ring (bicyclic) bond motifs is 1. The number of ether oxygens (including phenoxy) is 1. The first kappa shape index (κ1) is 22.2. The minimum Gasteiger partial charge on any atom is -0.460 e. The molecule has 12 heteroatoms. The zero-order chi connectivity index (χ0) is 22.3. The Hall–Kier alpha value is -2.51. The van der Waals surface area contributed by atoms with Crippen molar-refractivity contribution in [1.29, 1.82) is 0 Å². The molecule has 3 aromatic rings. The van der Waals surface area contributed by atoms with Gasteiger partial charge in [-0.3, -0.25) is 9.78 Å². The van der Waals surface area contributed by atoms with Gasteiger partial charge in [-0.05, 0) is 18.1 Å². The number of aromatic nitrogens is 2. The van der Waals surface area contributed by atoms with Crippen molar-refractivity contribution in [2.24, 2.45) is 0 Å². The first-order chi connectivity index (χ1) is 13.9. The van der Waals surface area contributed by atoms with Gasteiger partial charge in [0.1, 0.15) is 12.0 Å². The highest BCUT2D eigenvalue weighted by atomic mass is 127. The van der Waals surface area contributed by atoms with Crippen LogP contribution in [0, 0.1) is 0 Å². The SMILES string of the molecule is CCc1cc(=O)oc2nc(OCc3ccc(C(F)(F)I)cc3C(F)(F)F)[nH]c(=O)c12. The molecule has 0 aliphatic rings. The normalized spacial score (nSPS) is 12.4. The van der Waals surface area contributed by atoms with Crippen LogP contribution in [0.15, 0.2) is 38.3 Å². The number of hydrogen-bond donors (Lipinski definition) is 1. The Morgan fingerprint density at radius 2 is 1.83 bits per heavy atom. The van der Waals surface area contributed by atoms with Crippen LogP contribution in [0.1, 0.15) is 29.2 Å². The lowest BCUT2D eigenvalue weighted by atomic mass is 10.0. The number of nitrogens with zero attached hydrogens (tertiary/aromatic N) is 1. The summed E-state index contributed by atoms with van der Waals surface area (Å²) >= 11 is 0.732. The van der Waals surface area contributed by atoms with E-state index in [9.17, 15) is 31.5 Å². The molecule has 6 nitrogen and oxygen atoms in total. The molecule has 2 heterocycles. The van der Waals surface area contributed by atoms with Gasteiger partial charge in [0, 0.05) is 39.8 Å². The van der Waals surface area contributed by atoms with Gasteiger partial charge in [-0.15, -0.1) is 0 Å². The van der Waals surface area contributed by atoms with Gasteiger partial charge < -0.3 is 9.15 Å². The standard InChI is InChI=1S/C18H12F5IN2O4/c1-2-8-5-12(27)30-15-13(8)14(28)25-16(26-15)29-7-9-3-4-10(18(22,23)24)6-11(9)17(19,20)21/h3-6H,2,7H2,1H3,(H,25,26,28). The minimum absolute atomic E-state index is 0.0223. The Balaban J connectivity index is 1.98. The number of rotatable bonds is 5. The van der Waals surface area contributed by atoms with Crippen molar-refractivity contribution in [3.63, 3.8) is 0 Å². The van der Waals surface area contributed by atoms with E-state index in [1.165, 1.54) is 0 Å². The fourth-order valence-electron chi connectivity index (χ4n) is 2.76. The van der Waals surface area contributed by atoms with Crippen molar-refractivity contribution in [2.75, 3.05) is 0 Å². The predicted octanol–water partition coefficient (Wildman–Crippen LogP) is 4.52. The Morgan fingerprint density at radius 1 is 1.13 bits per heavy atom. The van der Waals surface area contributed by atoms with E-state index in [1.54, 1.807) is 6.92 Å². The molecule has 1 N–H and O–H groups in total. The van der Waals surface area contributed by atoms with Crippen molar-refractivity contribution >= 4 is 33.7 Å². The van der Waals surface area contributed by atoms with Crippen LogP contribution >= 0.6 is 22.6 Å². The van der Waals surface area contributed by atoms with Gasteiger partial charge in [-0.25, -0.2) is 4.79 Å². The van der Waals surface area contributed by atoms with Gasteiger partial charge >= 0.3 is 15.7 Å². The number of benzene rings is 1.